The van der Waals surface area contributed by atoms with E-state index in [0.29, 0.717) is 6.04 Å². The summed E-state index contributed by atoms with van der Waals surface area (Å²) in [4.78, 5) is 21.6. The highest BCUT2D eigenvalue weighted by Gasteiger charge is 2.15. The van der Waals surface area contributed by atoms with Crippen molar-refractivity contribution in [1.29, 1.82) is 0 Å². The molecule has 2 amide bonds. The molecule has 0 heterocycles. The van der Waals surface area contributed by atoms with Gasteiger partial charge in [-0.05, 0) is 19.8 Å². The number of amides is 2. The summed E-state index contributed by atoms with van der Waals surface area (Å²) in [5.74, 6) is 0. The van der Waals surface area contributed by atoms with E-state index in [2.05, 4.69) is 5.32 Å². The topological polar surface area (TPSA) is 49.4 Å². The van der Waals surface area contributed by atoms with Crippen molar-refractivity contribution in [2.45, 2.75) is 58.9 Å². The number of nitrogens with one attached hydrogen (secondary N) is 1. The Kier molecular flexibility index (Phi) is 14.0. The molecule has 0 aliphatic heterocycles. The van der Waals surface area contributed by atoms with E-state index < -0.39 is 0 Å². The lowest BCUT2D eigenvalue weighted by molar-refractivity contribution is -0.106. The van der Waals surface area contributed by atoms with Crippen LogP contribution in [0.1, 0.15) is 52.9 Å². The first kappa shape index (κ1) is 18.3. The Bertz CT molecular complexity index is 188. The molecule has 102 valence electrons. The van der Waals surface area contributed by atoms with Crippen molar-refractivity contribution in [2.24, 2.45) is 0 Å². The molecule has 1 saturated carbocycles. The third kappa shape index (κ3) is 11.2. The number of hydrogen-bond acceptors (Lipinski definition) is 2. The SMILES string of the molecule is CC.CC=O.CN(C)C(=O)NC1CCCCC1. The zero-order valence-corrected chi connectivity index (χ0v) is 12.0. The first-order chi connectivity index (χ1) is 8.11. The van der Waals surface area contributed by atoms with Crippen molar-refractivity contribution in [2.75, 3.05) is 14.1 Å². The molecule has 0 radical (unpaired) electrons. The molecular weight excluding hydrogens is 216 g/mol. The van der Waals surface area contributed by atoms with Gasteiger partial charge in [0.15, 0.2) is 0 Å². The lowest BCUT2D eigenvalue weighted by Gasteiger charge is -2.24. The van der Waals surface area contributed by atoms with Crippen LogP contribution in [0.4, 0.5) is 4.79 Å². The molecule has 0 bridgehead atoms. The van der Waals surface area contributed by atoms with Gasteiger partial charge in [-0.2, -0.15) is 0 Å². The van der Waals surface area contributed by atoms with E-state index in [1.165, 1.54) is 26.2 Å². The Hall–Kier alpha value is -1.06. The van der Waals surface area contributed by atoms with Crippen LogP contribution in [-0.4, -0.2) is 37.4 Å². The highest BCUT2D eigenvalue weighted by Crippen LogP contribution is 2.17. The first-order valence-electron chi connectivity index (χ1n) is 6.49. The molecule has 0 aromatic carbocycles. The molecule has 4 nitrogen and oxygen atoms in total. The summed E-state index contributed by atoms with van der Waals surface area (Å²) < 4.78 is 0. The zero-order valence-electron chi connectivity index (χ0n) is 12.0. The summed E-state index contributed by atoms with van der Waals surface area (Å²) in [5, 5.41) is 3.01. The molecule has 1 rings (SSSR count). The van der Waals surface area contributed by atoms with Crippen LogP contribution in [0.15, 0.2) is 0 Å². The van der Waals surface area contributed by atoms with Crippen molar-refractivity contribution in [1.82, 2.24) is 10.2 Å². The molecule has 0 unspecified atom stereocenters. The number of rotatable bonds is 1. The van der Waals surface area contributed by atoms with Gasteiger partial charge >= 0.3 is 6.03 Å². The molecule has 0 spiro atoms. The van der Waals surface area contributed by atoms with Gasteiger partial charge in [0.2, 0.25) is 0 Å². The largest absolute Gasteiger partial charge is 0.335 e. The summed E-state index contributed by atoms with van der Waals surface area (Å²) >= 11 is 0. The summed E-state index contributed by atoms with van der Waals surface area (Å²) in [6.07, 6.45) is 6.91. The van der Waals surface area contributed by atoms with Gasteiger partial charge in [0, 0.05) is 20.1 Å². The highest BCUT2D eigenvalue weighted by atomic mass is 16.2. The van der Waals surface area contributed by atoms with Gasteiger partial charge in [0.05, 0.1) is 0 Å². The second kappa shape index (κ2) is 13.0. The summed E-state index contributed by atoms with van der Waals surface area (Å²) in [6, 6.07) is 0.468. The Morgan fingerprint density at radius 1 is 1.18 bits per heavy atom. The molecule has 0 saturated heterocycles. The molecule has 0 aromatic heterocycles. The third-order valence-corrected chi connectivity index (χ3v) is 2.34. The van der Waals surface area contributed by atoms with Crippen molar-refractivity contribution >= 4 is 12.3 Å². The average Bonchev–Trinajstić information content (AvgIpc) is 2.34. The van der Waals surface area contributed by atoms with Gasteiger partial charge in [-0.1, -0.05) is 33.1 Å². The Balaban J connectivity index is 0. The normalized spacial score (nSPS) is 14.4. The lowest BCUT2D eigenvalue weighted by atomic mass is 9.96. The molecule has 1 fully saturated rings. The maximum absolute atomic E-state index is 11.2. The Labute approximate surface area is 106 Å². The minimum absolute atomic E-state index is 0.0434. The van der Waals surface area contributed by atoms with E-state index in [9.17, 15) is 4.79 Å². The monoisotopic (exact) mass is 244 g/mol. The van der Waals surface area contributed by atoms with Gasteiger partial charge in [0.1, 0.15) is 6.29 Å². The average molecular weight is 244 g/mol. The number of hydrogen-bond donors (Lipinski definition) is 1. The van der Waals surface area contributed by atoms with Crippen molar-refractivity contribution < 1.29 is 9.59 Å². The highest BCUT2D eigenvalue weighted by molar-refractivity contribution is 5.73. The van der Waals surface area contributed by atoms with E-state index in [1.54, 1.807) is 19.0 Å². The summed E-state index contributed by atoms with van der Waals surface area (Å²) in [6.45, 7) is 5.44. The summed E-state index contributed by atoms with van der Waals surface area (Å²) in [5.41, 5.74) is 0. The zero-order chi connectivity index (χ0) is 13.7. The van der Waals surface area contributed by atoms with Gasteiger partial charge in [-0.25, -0.2) is 4.79 Å². The first-order valence-corrected chi connectivity index (χ1v) is 6.49. The fourth-order valence-electron chi connectivity index (χ4n) is 1.55. The summed E-state index contributed by atoms with van der Waals surface area (Å²) in [7, 11) is 3.55. The van der Waals surface area contributed by atoms with Crippen molar-refractivity contribution in [3.05, 3.63) is 0 Å². The maximum atomic E-state index is 11.2. The standard InChI is InChI=1S/C9H18N2O.C2H4O.C2H6/c1-11(2)9(12)10-8-6-4-3-5-7-8;1-2-3;1-2/h8H,3-7H2,1-2H3,(H,10,12);2H,1H3;1-2H3. The van der Waals surface area contributed by atoms with Gasteiger partial charge in [-0.3, -0.25) is 0 Å². The second-order valence-electron chi connectivity index (χ2n) is 3.91. The van der Waals surface area contributed by atoms with E-state index in [1.807, 2.05) is 13.8 Å². The van der Waals surface area contributed by atoms with Gasteiger partial charge < -0.3 is 15.0 Å². The molecule has 1 aliphatic rings. The second-order valence-corrected chi connectivity index (χ2v) is 3.91. The molecule has 0 aromatic rings. The van der Waals surface area contributed by atoms with Crippen LogP contribution < -0.4 is 5.32 Å². The molecule has 0 atom stereocenters. The van der Waals surface area contributed by atoms with Crippen LogP contribution in [0.25, 0.3) is 0 Å². The Morgan fingerprint density at radius 3 is 1.94 bits per heavy atom. The lowest BCUT2D eigenvalue weighted by Crippen LogP contribution is -2.42. The molecule has 1 aliphatic carbocycles. The fourth-order valence-corrected chi connectivity index (χ4v) is 1.55. The van der Waals surface area contributed by atoms with Gasteiger partial charge in [0.25, 0.3) is 0 Å². The van der Waals surface area contributed by atoms with Crippen molar-refractivity contribution in [3.8, 4) is 0 Å². The van der Waals surface area contributed by atoms with Crippen LogP contribution in [0, 0.1) is 0 Å². The predicted molar refractivity (Wildman–Crippen MR) is 72.2 cm³/mol. The minimum Gasteiger partial charge on any atom is -0.335 e. The number of aldehydes is 1. The minimum atomic E-state index is 0.0434. The number of carbonyl (C=O) groups excluding carboxylic acids is 2. The quantitative estimate of drug-likeness (QED) is 0.721. The van der Waals surface area contributed by atoms with Crippen LogP contribution in [0.2, 0.25) is 0 Å². The maximum Gasteiger partial charge on any atom is 0.317 e. The predicted octanol–water partition coefficient (Wildman–Crippen LogP) is 2.82. The van der Waals surface area contributed by atoms with Crippen LogP contribution in [0.5, 0.6) is 0 Å². The Morgan fingerprint density at radius 2 is 1.59 bits per heavy atom. The van der Waals surface area contributed by atoms with E-state index in [0.717, 1.165) is 19.1 Å². The van der Waals surface area contributed by atoms with Crippen molar-refractivity contribution in [3.63, 3.8) is 0 Å². The van der Waals surface area contributed by atoms with E-state index in [-0.39, 0.29) is 6.03 Å². The number of carbonyl (C=O) groups is 2. The fraction of sp³-hybridized carbons (Fsp3) is 0.846. The molecule has 17 heavy (non-hydrogen) atoms. The van der Waals surface area contributed by atoms with Crippen LogP contribution in [0.3, 0.4) is 0 Å². The molecule has 1 N–H and O–H groups in total. The smallest absolute Gasteiger partial charge is 0.317 e. The number of urea groups is 1. The molecule has 4 heteroatoms. The van der Waals surface area contributed by atoms with Crippen LogP contribution in [-0.2, 0) is 4.79 Å². The van der Waals surface area contributed by atoms with Gasteiger partial charge in [-0.15, -0.1) is 0 Å². The van der Waals surface area contributed by atoms with Crippen LogP contribution >= 0.6 is 0 Å². The third-order valence-electron chi connectivity index (χ3n) is 2.34. The van der Waals surface area contributed by atoms with E-state index >= 15 is 0 Å². The number of nitrogens with zero attached hydrogens (tertiary/aromatic N) is 1. The van der Waals surface area contributed by atoms with E-state index in [4.69, 9.17) is 4.79 Å². The molecular formula is C13H28N2O2.